The lowest BCUT2D eigenvalue weighted by Gasteiger charge is -2.33. The molecule has 1 aromatic rings. The molecule has 0 spiro atoms. The van der Waals surface area contributed by atoms with E-state index in [-0.39, 0.29) is 23.6 Å². The molecule has 0 aliphatic carbocycles. The zero-order valence-corrected chi connectivity index (χ0v) is 14.5. The lowest BCUT2D eigenvalue weighted by atomic mass is 10.0. The van der Waals surface area contributed by atoms with Crippen LogP contribution in [0.4, 0.5) is 5.69 Å². The molecule has 1 aliphatic rings. The first kappa shape index (κ1) is 17.9. The Hall–Kier alpha value is -2.43. The summed E-state index contributed by atoms with van der Waals surface area (Å²) in [6.07, 6.45) is 4.50. The van der Waals surface area contributed by atoms with E-state index in [0.29, 0.717) is 16.8 Å². The summed E-state index contributed by atoms with van der Waals surface area (Å²) in [5, 5.41) is 2.71. The van der Waals surface area contributed by atoms with Crippen LogP contribution < -0.4 is 5.32 Å². The Labute approximate surface area is 142 Å². The van der Waals surface area contributed by atoms with E-state index in [1.807, 2.05) is 11.8 Å². The van der Waals surface area contributed by atoms with Gasteiger partial charge in [0.05, 0.1) is 0 Å². The second-order valence-electron chi connectivity index (χ2n) is 6.29. The summed E-state index contributed by atoms with van der Waals surface area (Å²) in [7, 11) is 0. The zero-order valence-electron chi connectivity index (χ0n) is 14.5. The van der Waals surface area contributed by atoms with Crippen LogP contribution in [0.15, 0.2) is 35.9 Å². The predicted molar refractivity (Wildman–Crippen MR) is 93.9 cm³/mol. The van der Waals surface area contributed by atoms with E-state index in [1.54, 1.807) is 31.2 Å². The molecule has 1 fully saturated rings. The minimum absolute atomic E-state index is 0.0233. The van der Waals surface area contributed by atoms with Crippen molar-refractivity contribution < 1.29 is 14.4 Å². The van der Waals surface area contributed by atoms with Crippen LogP contribution in [0.25, 0.3) is 0 Å². The topological polar surface area (TPSA) is 66.5 Å². The molecule has 1 unspecified atom stereocenters. The van der Waals surface area contributed by atoms with Gasteiger partial charge in [0.15, 0.2) is 5.78 Å². The first-order chi connectivity index (χ1) is 11.4. The number of anilines is 1. The highest BCUT2D eigenvalue weighted by atomic mass is 16.2. The number of carbonyl (C=O) groups is 3. The van der Waals surface area contributed by atoms with Gasteiger partial charge in [-0.05, 0) is 64.3 Å². The van der Waals surface area contributed by atoms with Crippen molar-refractivity contribution in [1.29, 1.82) is 0 Å². The third-order valence-corrected chi connectivity index (χ3v) is 4.31. The molecule has 0 saturated carbocycles. The van der Waals surface area contributed by atoms with E-state index < -0.39 is 0 Å². The molecule has 1 N–H and O–H groups in total. The average molecular weight is 328 g/mol. The van der Waals surface area contributed by atoms with Crippen LogP contribution in [-0.4, -0.2) is 35.1 Å². The average Bonchev–Trinajstić information content (AvgIpc) is 2.55. The van der Waals surface area contributed by atoms with Crippen molar-refractivity contribution in [2.24, 2.45) is 0 Å². The summed E-state index contributed by atoms with van der Waals surface area (Å²) in [5.74, 6) is -0.449. The summed E-state index contributed by atoms with van der Waals surface area (Å²) in [5.41, 5.74) is 1.61. The highest BCUT2D eigenvalue weighted by molar-refractivity contribution is 6.06. The Balaban J connectivity index is 1.99. The number of hydrogen-bond donors (Lipinski definition) is 1. The molecule has 5 nitrogen and oxygen atoms in total. The van der Waals surface area contributed by atoms with E-state index in [0.717, 1.165) is 25.8 Å². The maximum Gasteiger partial charge on any atom is 0.249 e. The van der Waals surface area contributed by atoms with Crippen molar-refractivity contribution in [3.63, 3.8) is 0 Å². The Kier molecular flexibility index (Phi) is 5.90. The third kappa shape index (κ3) is 4.54. The number of nitrogens with zero attached hydrogens (tertiary/aromatic N) is 1. The molecule has 2 amide bonds. The van der Waals surface area contributed by atoms with E-state index in [2.05, 4.69) is 5.32 Å². The Bertz CT molecular complexity index is 662. The van der Waals surface area contributed by atoms with Gasteiger partial charge < -0.3 is 10.2 Å². The number of benzene rings is 1. The molecule has 24 heavy (non-hydrogen) atoms. The van der Waals surface area contributed by atoms with Crippen molar-refractivity contribution in [3.05, 3.63) is 41.5 Å². The predicted octanol–water partition coefficient (Wildman–Crippen LogP) is 3.18. The van der Waals surface area contributed by atoms with Crippen LogP contribution >= 0.6 is 0 Å². The Morgan fingerprint density at radius 1 is 1.12 bits per heavy atom. The quantitative estimate of drug-likeness (QED) is 0.682. The number of amides is 2. The highest BCUT2D eigenvalue weighted by Gasteiger charge is 2.24. The molecule has 1 saturated heterocycles. The van der Waals surface area contributed by atoms with Gasteiger partial charge in [-0.3, -0.25) is 14.4 Å². The fourth-order valence-electron chi connectivity index (χ4n) is 2.85. The number of hydrogen-bond acceptors (Lipinski definition) is 3. The van der Waals surface area contributed by atoms with Gasteiger partial charge in [-0.25, -0.2) is 0 Å². The van der Waals surface area contributed by atoms with Crippen molar-refractivity contribution >= 4 is 23.3 Å². The number of piperidine rings is 1. The van der Waals surface area contributed by atoms with Gasteiger partial charge in [0.25, 0.3) is 0 Å². The number of carbonyl (C=O) groups excluding carboxylic acids is 3. The fourth-order valence-corrected chi connectivity index (χ4v) is 2.85. The molecule has 0 radical (unpaired) electrons. The molecular weight excluding hydrogens is 304 g/mol. The van der Waals surface area contributed by atoms with Crippen molar-refractivity contribution in [1.82, 2.24) is 4.90 Å². The molecule has 128 valence electrons. The zero-order chi connectivity index (χ0) is 17.7. The highest BCUT2D eigenvalue weighted by Crippen LogP contribution is 2.18. The largest absolute Gasteiger partial charge is 0.336 e. The van der Waals surface area contributed by atoms with Crippen LogP contribution in [0.5, 0.6) is 0 Å². The lowest BCUT2D eigenvalue weighted by molar-refractivity contribution is -0.130. The van der Waals surface area contributed by atoms with Gasteiger partial charge in [-0.2, -0.15) is 0 Å². The molecule has 5 heteroatoms. The Morgan fingerprint density at radius 2 is 1.79 bits per heavy atom. The molecule has 1 aliphatic heterocycles. The van der Waals surface area contributed by atoms with Crippen LogP contribution in [0, 0.1) is 0 Å². The molecule has 0 bridgehead atoms. The number of ketones is 1. The first-order valence-electron chi connectivity index (χ1n) is 8.29. The van der Waals surface area contributed by atoms with Gasteiger partial charge in [-0.15, -0.1) is 0 Å². The summed E-state index contributed by atoms with van der Waals surface area (Å²) >= 11 is 0. The number of Topliss-reactive ketones (excluding diaryl/α,β-unsaturated/α-hetero) is 1. The van der Waals surface area contributed by atoms with Crippen molar-refractivity contribution in [2.45, 2.75) is 46.1 Å². The van der Waals surface area contributed by atoms with Gasteiger partial charge in [0.2, 0.25) is 11.8 Å². The molecule has 1 aromatic carbocycles. The SMILES string of the molecule is CC(=O)c1ccc(NC(=O)/C=C(/C)C(=O)N2CCCCC2C)cc1. The summed E-state index contributed by atoms with van der Waals surface area (Å²) in [4.78, 5) is 37.6. The molecular formula is C19H24N2O3. The summed E-state index contributed by atoms with van der Waals surface area (Å²) in [6, 6.07) is 6.89. The fraction of sp³-hybridized carbons (Fsp3) is 0.421. The smallest absolute Gasteiger partial charge is 0.249 e. The number of likely N-dealkylation sites (tertiary alicyclic amines) is 1. The second kappa shape index (κ2) is 7.90. The monoisotopic (exact) mass is 328 g/mol. The van der Waals surface area contributed by atoms with E-state index >= 15 is 0 Å². The minimum atomic E-state index is -0.346. The molecule has 1 heterocycles. The van der Waals surface area contributed by atoms with Gasteiger partial charge in [0.1, 0.15) is 0 Å². The molecule has 2 rings (SSSR count). The standard InChI is InChI=1S/C19H24N2O3/c1-13(19(24)21-11-5-4-6-14(21)2)12-18(23)20-17-9-7-16(8-10-17)15(3)22/h7-10,12,14H,4-6,11H2,1-3H3,(H,20,23)/b13-12-. The molecule has 1 atom stereocenters. The van der Waals surface area contributed by atoms with Crippen LogP contribution in [-0.2, 0) is 9.59 Å². The van der Waals surface area contributed by atoms with Crippen molar-refractivity contribution in [2.75, 3.05) is 11.9 Å². The minimum Gasteiger partial charge on any atom is -0.336 e. The van der Waals surface area contributed by atoms with E-state index in [9.17, 15) is 14.4 Å². The van der Waals surface area contributed by atoms with Crippen LogP contribution in [0.3, 0.4) is 0 Å². The number of rotatable bonds is 4. The summed E-state index contributed by atoms with van der Waals surface area (Å²) in [6.45, 7) is 5.95. The van der Waals surface area contributed by atoms with Gasteiger partial charge >= 0.3 is 0 Å². The lowest BCUT2D eigenvalue weighted by Crippen LogP contribution is -2.42. The van der Waals surface area contributed by atoms with E-state index in [4.69, 9.17) is 0 Å². The normalized spacial score (nSPS) is 18.2. The van der Waals surface area contributed by atoms with Gasteiger partial charge in [-0.1, -0.05) is 0 Å². The Morgan fingerprint density at radius 3 is 2.38 bits per heavy atom. The second-order valence-corrected chi connectivity index (χ2v) is 6.29. The van der Waals surface area contributed by atoms with Crippen molar-refractivity contribution in [3.8, 4) is 0 Å². The van der Waals surface area contributed by atoms with Crippen LogP contribution in [0.1, 0.15) is 50.4 Å². The van der Waals surface area contributed by atoms with E-state index in [1.165, 1.54) is 13.0 Å². The maximum absolute atomic E-state index is 12.5. The molecule has 0 aromatic heterocycles. The third-order valence-electron chi connectivity index (χ3n) is 4.31. The first-order valence-corrected chi connectivity index (χ1v) is 8.29. The number of nitrogens with one attached hydrogen (secondary N) is 1. The van der Waals surface area contributed by atoms with Crippen LogP contribution in [0.2, 0.25) is 0 Å². The summed E-state index contributed by atoms with van der Waals surface area (Å²) < 4.78 is 0. The maximum atomic E-state index is 12.5. The van der Waals surface area contributed by atoms with Gasteiger partial charge in [0, 0.05) is 35.5 Å².